The van der Waals surface area contributed by atoms with E-state index in [4.69, 9.17) is 18.9 Å². The van der Waals surface area contributed by atoms with Crippen molar-refractivity contribution in [1.82, 2.24) is 9.97 Å². The highest BCUT2D eigenvalue weighted by molar-refractivity contribution is 9.10. The van der Waals surface area contributed by atoms with E-state index >= 15 is 0 Å². The largest absolute Gasteiger partial charge is 0.455 e. The molecule has 172 valence electrons. The molecule has 1 aromatic carbocycles. The van der Waals surface area contributed by atoms with Crippen molar-refractivity contribution in [3.8, 4) is 11.3 Å². The lowest BCUT2D eigenvalue weighted by atomic mass is 10.2. The summed E-state index contributed by atoms with van der Waals surface area (Å²) in [7, 11) is 0. The van der Waals surface area contributed by atoms with E-state index in [-0.39, 0.29) is 0 Å². The Hall–Kier alpha value is -2.95. The summed E-state index contributed by atoms with van der Waals surface area (Å²) in [6, 6.07) is 13.7. The van der Waals surface area contributed by atoms with E-state index in [0.29, 0.717) is 44.0 Å². The van der Waals surface area contributed by atoms with Crippen LogP contribution in [0.2, 0.25) is 0 Å². The molecule has 0 atom stereocenters. The van der Waals surface area contributed by atoms with Gasteiger partial charge in [0.2, 0.25) is 5.95 Å². The molecule has 2 saturated heterocycles. The highest BCUT2D eigenvalue weighted by Gasteiger charge is 2.19. The predicted molar refractivity (Wildman–Crippen MR) is 131 cm³/mol. The molecule has 10 heteroatoms. The molecule has 2 aromatic heterocycles. The molecule has 5 rings (SSSR count). The highest BCUT2D eigenvalue weighted by atomic mass is 79.9. The second-order valence-electron chi connectivity index (χ2n) is 7.69. The fraction of sp³-hybridized carbons (Fsp3) is 0.348. The van der Waals surface area contributed by atoms with E-state index in [2.05, 4.69) is 41.2 Å². The van der Waals surface area contributed by atoms with Crippen LogP contribution in [-0.2, 0) is 9.47 Å². The Balaban J connectivity index is 1.32. The van der Waals surface area contributed by atoms with E-state index in [0.717, 1.165) is 47.8 Å². The van der Waals surface area contributed by atoms with Crippen LogP contribution in [0.25, 0.3) is 11.3 Å². The van der Waals surface area contributed by atoms with E-state index < -0.39 is 0 Å². The zero-order valence-corrected chi connectivity index (χ0v) is 19.7. The zero-order chi connectivity index (χ0) is 22.5. The molecule has 0 aliphatic carbocycles. The maximum atomic E-state index is 5.90. The third-order valence-corrected chi connectivity index (χ3v) is 5.98. The van der Waals surface area contributed by atoms with Crippen molar-refractivity contribution in [2.45, 2.75) is 0 Å². The number of furan rings is 1. The molecule has 0 amide bonds. The summed E-state index contributed by atoms with van der Waals surface area (Å²) < 4.78 is 17.9. The number of anilines is 3. The van der Waals surface area contributed by atoms with Gasteiger partial charge in [0.1, 0.15) is 17.3 Å². The summed E-state index contributed by atoms with van der Waals surface area (Å²) in [5.41, 5.74) is 4.05. The molecular weight excluding hydrogens is 488 g/mol. The van der Waals surface area contributed by atoms with Crippen molar-refractivity contribution in [1.29, 1.82) is 0 Å². The molecule has 1 N–H and O–H groups in total. The summed E-state index contributed by atoms with van der Waals surface area (Å²) in [4.78, 5) is 13.8. The van der Waals surface area contributed by atoms with Crippen LogP contribution in [0.15, 0.2) is 56.5 Å². The van der Waals surface area contributed by atoms with Crippen molar-refractivity contribution in [2.75, 3.05) is 67.8 Å². The third kappa shape index (κ3) is 5.52. The van der Waals surface area contributed by atoms with Gasteiger partial charge in [-0.2, -0.15) is 15.1 Å². The molecule has 2 fully saturated rings. The van der Waals surface area contributed by atoms with Gasteiger partial charge in [0.25, 0.3) is 0 Å². The molecule has 2 aliphatic heterocycles. The first-order chi connectivity index (χ1) is 16.2. The number of benzene rings is 1. The Labute approximate surface area is 200 Å². The average molecular weight is 513 g/mol. The SMILES string of the molecule is Brc1ccc(-c2ccc(C=NNc3cc(N4CCOCC4)nc(N4CCOCC4)n3)o2)cc1. The quantitative estimate of drug-likeness (QED) is 0.395. The number of halogens is 1. The van der Waals surface area contributed by atoms with Crippen LogP contribution in [0.5, 0.6) is 0 Å². The molecular formula is C23H25BrN6O3. The smallest absolute Gasteiger partial charge is 0.229 e. The Morgan fingerprint density at radius 1 is 0.879 bits per heavy atom. The number of hydrazone groups is 1. The number of aromatic nitrogens is 2. The summed E-state index contributed by atoms with van der Waals surface area (Å²) in [5, 5.41) is 4.35. The molecule has 2 aliphatic rings. The van der Waals surface area contributed by atoms with Crippen molar-refractivity contribution in [3.63, 3.8) is 0 Å². The van der Waals surface area contributed by atoms with E-state index in [1.54, 1.807) is 6.21 Å². The summed E-state index contributed by atoms with van der Waals surface area (Å²) in [5.74, 6) is 3.61. The lowest BCUT2D eigenvalue weighted by Crippen LogP contribution is -2.39. The van der Waals surface area contributed by atoms with Gasteiger partial charge in [-0.05, 0) is 24.3 Å². The van der Waals surface area contributed by atoms with Gasteiger partial charge in [0, 0.05) is 42.3 Å². The Morgan fingerprint density at radius 3 is 2.30 bits per heavy atom. The van der Waals surface area contributed by atoms with Gasteiger partial charge < -0.3 is 23.7 Å². The molecule has 4 heterocycles. The molecule has 0 radical (unpaired) electrons. The Bertz CT molecular complexity index is 1060. The van der Waals surface area contributed by atoms with Crippen LogP contribution in [0.1, 0.15) is 5.76 Å². The normalized spacial score (nSPS) is 17.0. The van der Waals surface area contributed by atoms with Gasteiger partial charge in [-0.25, -0.2) is 0 Å². The first-order valence-corrected chi connectivity index (χ1v) is 11.7. The lowest BCUT2D eigenvalue weighted by Gasteiger charge is -2.31. The minimum atomic E-state index is 0.629. The number of hydrogen-bond donors (Lipinski definition) is 1. The minimum absolute atomic E-state index is 0.629. The van der Waals surface area contributed by atoms with Gasteiger partial charge in [0.15, 0.2) is 5.82 Å². The van der Waals surface area contributed by atoms with Crippen LogP contribution in [0, 0.1) is 0 Å². The van der Waals surface area contributed by atoms with Crippen molar-refractivity contribution in [3.05, 3.63) is 52.7 Å². The van der Waals surface area contributed by atoms with Crippen LogP contribution in [-0.4, -0.2) is 68.8 Å². The molecule has 0 saturated carbocycles. The third-order valence-electron chi connectivity index (χ3n) is 5.46. The van der Waals surface area contributed by atoms with E-state index in [1.807, 2.05) is 42.5 Å². The van der Waals surface area contributed by atoms with Gasteiger partial charge in [0.05, 0.1) is 32.6 Å². The summed E-state index contributed by atoms with van der Waals surface area (Å²) >= 11 is 3.45. The Morgan fingerprint density at radius 2 is 1.58 bits per heavy atom. The highest BCUT2D eigenvalue weighted by Crippen LogP contribution is 2.24. The molecule has 9 nitrogen and oxygen atoms in total. The second-order valence-corrected chi connectivity index (χ2v) is 8.60. The maximum Gasteiger partial charge on any atom is 0.229 e. The minimum Gasteiger partial charge on any atom is -0.455 e. The fourth-order valence-electron chi connectivity index (χ4n) is 3.69. The fourth-order valence-corrected chi connectivity index (χ4v) is 3.96. The Kier molecular flexibility index (Phi) is 6.84. The number of hydrogen-bond acceptors (Lipinski definition) is 9. The zero-order valence-electron chi connectivity index (χ0n) is 18.1. The van der Waals surface area contributed by atoms with Gasteiger partial charge in [-0.15, -0.1) is 0 Å². The van der Waals surface area contributed by atoms with Crippen molar-refractivity contribution in [2.24, 2.45) is 5.10 Å². The number of rotatable bonds is 6. The first kappa shape index (κ1) is 21.9. The number of morpholine rings is 2. The van der Waals surface area contributed by atoms with Crippen molar-refractivity contribution < 1.29 is 13.9 Å². The molecule has 0 bridgehead atoms. The predicted octanol–water partition coefficient (Wildman–Crippen LogP) is 3.62. The monoisotopic (exact) mass is 512 g/mol. The van der Waals surface area contributed by atoms with Crippen LogP contribution in [0.3, 0.4) is 0 Å². The van der Waals surface area contributed by atoms with Crippen LogP contribution >= 0.6 is 15.9 Å². The lowest BCUT2D eigenvalue weighted by molar-refractivity contribution is 0.121. The van der Waals surface area contributed by atoms with Crippen molar-refractivity contribution >= 4 is 39.7 Å². The molecule has 0 unspecified atom stereocenters. The summed E-state index contributed by atoms with van der Waals surface area (Å²) in [6.45, 7) is 5.85. The van der Waals surface area contributed by atoms with E-state index in [9.17, 15) is 0 Å². The average Bonchev–Trinajstić information content (AvgIpc) is 3.34. The second kappa shape index (κ2) is 10.3. The van der Waals surface area contributed by atoms with Gasteiger partial charge >= 0.3 is 0 Å². The number of nitrogens with zero attached hydrogens (tertiary/aromatic N) is 5. The first-order valence-electron chi connectivity index (χ1n) is 10.9. The topological polar surface area (TPSA) is 88.2 Å². The van der Waals surface area contributed by atoms with Gasteiger partial charge in [-0.3, -0.25) is 5.43 Å². The van der Waals surface area contributed by atoms with E-state index in [1.165, 1.54) is 0 Å². The van der Waals surface area contributed by atoms with Gasteiger partial charge in [-0.1, -0.05) is 28.1 Å². The number of nitrogens with one attached hydrogen (secondary N) is 1. The maximum absolute atomic E-state index is 5.90. The summed E-state index contributed by atoms with van der Waals surface area (Å²) in [6.07, 6.45) is 1.65. The standard InChI is InChI=1S/C23H25BrN6O3/c24-18-3-1-17(2-4-18)20-6-5-19(33-20)16-25-28-21-15-22(29-7-11-31-12-8-29)27-23(26-21)30-9-13-32-14-10-30/h1-6,15-16H,7-14H2,(H,26,27,28). The molecule has 3 aromatic rings. The molecule has 0 spiro atoms. The van der Waals surface area contributed by atoms with Crippen LogP contribution in [0.4, 0.5) is 17.6 Å². The number of ether oxygens (including phenoxy) is 2. The molecule has 33 heavy (non-hydrogen) atoms. The van der Waals surface area contributed by atoms with Crippen LogP contribution < -0.4 is 15.2 Å².